The van der Waals surface area contributed by atoms with Crippen LogP contribution in [-0.2, 0) is 14.2 Å². The van der Waals surface area contributed by atoms with Crippen molar-refractivity contribution in [1.29, 1.82) is 0 Å². The third-order valence-electron chi connectivity index (χ3n) is 5.79. The van der Waals surface area contributed by atoms with E-state index in [0.717, 1.165) is 31.2 Å². The van der Waals surface area contributed by atoms with Crippen molar-refractivity contribution < 1.29 is 19.3 Å². The maximum absolute atomic E-state index is 10.4. The lowest BCUT2D eigenvalue weighted by molar-refractivity contribution is -0.296. The van der Waals surface area contributed by atoms with Gasteiger partial charge in [-0.25, -0.2) is 0 Å². The van der Waals surface area contributed by atoms with Gasteiger partial charge in [0.1, 0.15) is 0 Å². The van der Waals surface area contributed by atoms with Gasteiger partial charge in [-0.3, -0.25) is 0 Å². The van der Waals surface area contributed by atoms with Gasteiger partial charge in [-0.15, -0.1) is 0 Å². The molecule has 0 aromatic rings. The largest absolute Gasteiger partial charge is 0.378 e. The molecule has 2 aliphatic rings. The highest BCUT2D eigenvalue weighted by molar-refractivity contribution is 9.09. The molecule has 0 aromatic carbocycles. The van der Waals surface area contributed by atoms with E-state index in [0.29, 0.717) is 24.2 Å². The Balaban J connectivity index is 2.16. The first-order valence-electron chi connectivity index (χ1n) is 9.00. The van der Waals surface area contributed by atoms with Crippen LogP contribution in [0.4, 0.5) is 0 Å². The van der Waals surface area contributed by atoms with Gasteiger partial charge >= 0.3 is 0 Å². The molecule has 7 atom stereocenters. The predicted octanol–water partition coefficient (Wildman–Crippen LogP) is 3.95. The maximum atomic E-state index is 10.4. The Morgan fingerprint density at radius 1 is 1.35 bits per heavy atom. The lowest BCUT2D eigenvalue weighted by Gasteiger charge is -2.45. The highest BCUT2D eigenvalue weighted by Gasteiger charge is 2.49. The van der Waals surface area contributed by atoms with E-state index in [-0.39, 0.29) is 18.3 Å². The fraction of sp³-hybridized carbons (Fsp3) is 1.00. The van der Waals surface area contributed by atoms with Crippen molar-refractivity contribution >= 4 is 15.9 Å². The van der Waals surface area contributed by atoms with Gasteiger partial charge in [-0.05, 0) is 50.9 Å². The Labute approximate surface area is 149 Å². The molecule has 23 heavy (non-hydrogen) atoms. The number of fused-ring (bicyclic) bond motifs is 1. The van der Waals surface area contributed by atoms with E-state index in [4.69, 9.17) is 14.2 Å². The van der Waals surface area contributed by atoms with E-state index in [9.17, 15) is 5.11 Å². The molecule has 0 radical (unpaired) electrons. The summed E-state index contributed by atoms with van der Waals surface area (Å²) in [6, 6.07) is 0. The molecule has 136 valence electrons. The van der Waals surface area contributed by atoms with Crippen LogP contribution in [0.5, 0.6) is 0 Å². The minimum Gasteiger partial charge on any atom is -0.378 e. The van der Waals surface area contributed by atoms with Gasteiger partial charge in [0.15, 0.2) is 12.1 Å². The first-order valence-corrected chi connectivity index (χ1v) is 10.1. The van der Waals surface area contributed by atoms with Crippen molar-refractivity contribution in [3.05, 3.63) is 0 Å². The lowest BCUT2D eigenvalue weighted by Crippen LogP contribution is -2.47. The third kappa shape index (κ3) is 4.91. The minimum absolute atomic E-state index is 0.193. The highest BCUT2D eigenvalue weighted by Crippen LogP contribution is 2.48. The zero-order chi connectivity index (χ0) is 17.0. The van der Waals surface area contributed by atoms with Crippen molar-refractivity contribution in [2.75, 3.05) is 19.0 Å². The second kappa shape index (κ2) is 8.61. The van der Waals surface area contributed by atoms with Crippen LogP contribution in [-0.4, -0.2) is 42.3 Å². The van der Waals surface area contributed by atoms with Crippen LogP contribution >= 0.6 is 15.9 Å². The fourth-order valence-electron chi connectivity index (χ4n) is 4.46. The number of methoxy groups -OCH3 is 1. The number of alkyl halides is 1. The number of aliphatic hydroxyl groups is 1. The summed E-state index contributed by atoms with van der Waals surface area (Å²) in [5.74, 6) is 0.778. The summed E-state index contributed by atoms with van der Waals surface area (Å²) in [7, 11) is 1.69. The molecule has 4 nitrogen and oxygen atoms in total. The molecule has 1 N–H and O–H groups in total. The molecule has 0 amide bonds. The number of hydrogen-bond donors (Lipinski definition) is 1. The van der Waals surface area contributed by atoms with E-state index in [1.54, 1.807) is 14.0 Å². The molecule has 1 aliphatic carbocycles. The van der Waals surface area contributed by atoms with Gasteiger partial charge in [0.2, 0.25) is 0 Å². The summed E-state index contributed by atoms with van der Waals surface area (Å²) >= 11 is 3.45. The zero-order valence-corrected chi connectivity index (χ0v) is 16.5. The second-order valence-electron chi connectivity index (χ2n) is 7.51. The molecule has 0 spiro atoms. The first kappa shape index (κ1) is 19.6. The molecule has 0 bridgehead atoms. The summed E-state index contributed by atoms with van der Waals surface area (Å²) in [4.78, 5) is 0. The molecule has 1 saturated carbocycles. The Hall–Kier alpha value is 0.320. The monoisotopic (exact) mass is 392 g/mol. The number of halogens is 1. The molecule has 1 aliphatic heterocycles. The van der Waals surface area contributed by atoms with E-state index < -0.39 is 5.79 Å². The molecule has 2 fully saturated rings. The van der Waals surface area contributed by atoms with Crippen LogP contribution in [0.1, 0.15) is 52.9 Å². The average Bonchev–Trinajstić information content (AvgIpc) is 2.64. The standard InChI is InChI=1S/C18H33BrO4/c1-12-6-7-15(13(2)22-11-5-10-19)16-14(12)8-9-18(3,20)23-17(16)21-4/h12-17,20H,5-11H2,1-4H3/t12-,13?,14?,15?,16?,17?,18?/m1/s1. The zero-order valence-electron chi connectivity index (χ0n) is 15.0. The summed E-state index contributed by atoms with van der Waals surface area (Å²) in [5, 5.41) is 11.4. The van der Waals surface area contributed by atoms with Crippen LogP contribution in [0.15, 0.2) is 0 Å². The van der Waals surface area contributed by atoms with E-state index >= 15 is 0 Å². The van der Waals surface area contributed by atoms with Crippen LogP contribution in [0.2, 0.25) is 0 Å². The van der Waals surface area contributed by atoms with Gasteiger partial charge in [0, 0.05) is 31.4 Å². The second-order valence-corrected chi connectivity index (χ2v) is 8.31. The molecule has 1 heterocycles. The van der Waals surface area contributed by atoms with Crippen LogP contribution in [0, 0.1) is 23.7 Å². The first-order chi connectivity index (χ1) is 10.9. The van der Waals surface area contributed by atoms with Gasteiger partial charge in [-0.1, -0.05) is 29.3 Å². The molecule has 1 saturated heterocycles. The Kier molecular flexibility index (Phi) is 7.36. The van der Waals surface area contributed by atoms with E-state index in [1.807, 2.05) is 0 Å². The molecule has 2 rings (SSSR count). The van der Waals surface area contributed by atoms with Gasteiger partial charge < -0.3 is 19.3 Å². The van der Waals surface area contributed by atoms with E-state index in [1.165, 1.54) is 6.42 Å². The van der Waals surface area contributed by atoms with Crippen molar-refractivity contribution in [2.45, 2.75) is 71.1 Å². The Morgan fingerprint density at radius 2 is 2.09 bits per heavy atom. The van der Waals surface area contributed by atoms with Gasteiger partial charge in [-0.2, -0.15) is 0 Å². The number of ether oxygens (including phenoxy) is 3. The Morgan fingerprint density at radius 3 is 2.74 bits per heavy atom. The molecule has 0 aromatic heterocycles. The quantitative estimate of drug-likeness (QED) is 0.549. The smallest absolute Gasteiger partial charge is 0.165 e. The van der Waals surface area contributed by atoms with Crippen LogP contribution in [0.25, 0.3) is 0 Å². The Bertz CT molecular complexity index is 363. The normalized spacial score (nSPS) is 42.8. The van der Waals surface area contributed by atoms with Crippen molar-refractivity contribution in [1.82, 2.24) is 0 Å². The molecular weight excluding hydrogens is 360 g/mol. The van der Waals surface area contributed by atoms with Crippen molar-refractivity contribution in [2.24, 2.45) is 23.7 Å². The number of rotatable bonds is 6. The van der Waals surface area contributed by atoms with Crippen molar-refractivity contribution in [3.8, 4) is 0 Å². The summed E-state index contributed by atoms with van der Waals surface area (Å²) in [6.45, 7) is 7.05. The predicted molar refractivity (Wildman–Crippen MR) is 94.4 cm³/mol. The summed E-state index contributed by atoms with van der Waals surface area (Å²) in [6.07, 6.45) is 4.89. The third-order valence-corrected chi connectivity index (χ3v) is 6.36. The highest BCUT2D eigenvalue weighted by atomic mass is 79.9. The van der Waals surface area contributed by atoms with E-state index in [2.05, 4.69) is 29.8 Å². The SMILES string of the molecule is COC1OC(C)(O)CCC2C1C(C(C)OCCCBr)CC[C@H]2C. The topological polar surface area (TPSA) is 47.9 Å². The fourth-order valence-corrected chi connectivity index (χ4v) is 4.69. The van der Waals surface area contributed by atoms with Crippen LogP contribution < -0.4 is 0 Å². The minimum atomic E-state index is -1.09. The summed E-state index contributed by atoms with van der Waals surface area (Å²) < 4.78 is 17.7. The van der Waals surface area contributed by atoms with Gasteiger partial charge in [0.25, 0.3) is 0 Å². The van der Waals surface area contributed by atoms with Crippen LogP contribution in [0.3, 0.4) is 0 Å². The van der Waals surface area contributed by atoms with Gasteiger partial charge in [0.05, 0.1) is 6.10 Å². The maximum Gasteiger partial charge on any atom is 0.165 e. The molecule has 5 heteroatoms. The lowest BCUT2D eigenvalue weighted by atomic mass is 9.64. The summed E-state index contributed by atoms with van der Waals surface area (Å²) in [5.41, 5.74) is 0. The van der Waals surface area contributed by atoms with Crippen molar-refractivity contribution in [3.63, 3.8) is 0 Å². The molecule has 6 unspecified atom stereocenters. The average molecular weight is 393 g/mol. The molecular formula is C18H33BrO4. The number of hydrogen-bond acceptors (Lipinski definition) is 4.